The van der Waals surface area contributed by atoms with E-state index in [1.165, 1.54) is 4.90 Å². The Kier molecular flexibility index (Phi) is 5.54. The first-order valence-electron chi connectivity index (χ1n) is 8.69. The first-order chi connectivity index (χ1) is 13.0. The van der Waals surface area contributed by atoms with Crippen LogP contribution >= 0.6 is 0 Å². The Morgan fingerprint density at radius 1 is 1.15 bits per heavy atom. The van der Waals surface area contributed by atoms with Crippen LogP contribution in [-0.4, -0.2) is 37.9 Å². The maximum absolute atomic E-state index is 12.3. The second-order valence-corrected chi connectivity index (χ2v) is 6.50. The Morgan fingerprint density at radius 2 is 1.89 bits per heavy atom. The number of aryl methyl sites for hydroxylation is 1. The summed E-state index contributed by atoms with van der Waals surface area (Å²) < 4.78 is 10.3. The van der Waals surface area contributed by atoms with E-state index in [4.69, 9.17) is 9.47 Å². The van der Waals surface area contributed by atoms with Crippen molar-refractivity contribution in [1.82, 2.24) is 0 Å². The fourth-order valence-corrected chi connectivity index (χ4v) is 2.97. The smallest absolute Gasteiger partial charge is 0.311 e. The zero-order valence-electron chi connectivity index (χ0n) is 15.3. The highest BCUT2D eigenvalue weighted by molar-refractivity contribution is 6.01. The lowest BCUT2D eigenvalue weighted by molar-refractivity contribution is -0.147. The van der Waals surface area contributed by atoms with Gasteiger partial charge in [-0.1, -0.05) is 35.9 Å². The molecule has 3 rings (SSSR count). The Morgan fingerprint density at radius 3 is 2.59 bits per heavy atom. The number of ketones is 1. The predicted octanol–water partition coefficient (Wildman–Crippen LogP) is 2.78. The molecule has 0 aromatic heterocycles. The van der Waals surface area contributed by atoms with Crippen LogP contribution in [0.5, 0.6) is 5.75 Å². The van der Waals surface area contributed by atoms with Crippen molar-refractivity contribution >= 4 is 23.3 Å². The second-order valence-electron chi connectivity index (χ2n) is 6.50. The van der Waals surface area contributed by atoms with Crippen molar-refractivity contribution in [3.05, 3.63) is 59.7 Å². The lowest BCUT2D eigenvalue weighted by Gasteiger charge is -2.17. The van der Waals surface area contributed by atoms with Gasteiger partial charge in [0.15, 0.2) is 12.4 Å². The van der Waals surface area contributed by atoms with Gasteiger partial charge in [-0.15, -0.1) is 0 Å². The van der Waals surface area contributed by atoms with Crippen molar-refractivity contribution in [2.45, 2.75) is 13.3 Å². The molecule has 1 heterocycles. The molecule has 0 N–H and O–H groups in total. The minimum Gasteiger partial charge on any atom is -0.497 e. The molecular formula is C21H21NO5. The maximum atomic E-state index is 12.3. The van der Waals surface area contributed by atoms with Crippen LogP contribution in [0.15, 0.2) is 48.5 Å². The van der Waals surface area contributed by atoms with Crippen LogP contribution in [0.4, 0.5) is 5.69 Å². The third-order valence-corrected chi connectivity index (χ3v) is 4.54. The zero-order valence-corrected chi connectivity index (χ0v) is 15.3. The standard InChI is InChI=1S/C21H21NO5/c1-14-6-8-15(9-7-14)19(23)13-27-21(25)16-10-20(24)22(12-16)17-4-3-5-18(11-17)26-2/h3-9,11,16H,10,12-13H2,1-2H3/t16-/m1/s1. The number of Topliss-reactive ketones (excluding diaryl/α,β-unsaturated/α-hetero) is 1. The summed E-state index contributed by atoms with van der Waals surface area (Å²) in [7, 11) is 1.55. The summed E-state index contributed by atoms with van der Waals surface area (Å²) in [6.07, 6.45) is 0.0643. The summed E-state index contributed by atoms with van der Waals surface area (Å²) in [6.45, 7) is 1.83. The van der Waals surface area contributed by atoms with Crippen LogP contribution in [0, 0.1) is 12.8 Å². The third-order valence-electron chi connectivity index (χ3n) is 4.54. The van der Waals surface area contributed by atoms with E-state index in [1.54, 1.807) is 43.5 Å². The van der Waals surface area contributed by atoms with Gasteiger partial charge in [0.25, 0.3) is 0 Å². The topological polar surface area (TPSA) is 72.9 Å². The van der Waals surface area contributed by atoms with Gasteiger partial charge in [-0.2, -0.15) is 0 Å². The Balaban J connectivity index is 1.58. The second kappa shape index (κ2) is 8.03. The molecule has 1 atom stereocenters. The summed E-state index contributed by atoms with van der Waals surface area (Å²) in [5.41, 5.74) is 2.21. The van der Waals surface area contributed by atoms with Crippen molar-refractivity contribution in [3.63, 3.8) is 0 Å². The number of benzene rings is 2. The lowest BCUT2D eigenvalue weighted by Crippen LogP contribution is -2.27. The molecule has 2 aromatic carbocycles. The number of amides is 1. The highest BCUT2D eigenvalue weighted by atomic mass is 16.5. The Labute approximate surface area is 157 Å². The van der Waals surface area contributed by atoms with Crippen LogP contribution in [0.3, 0.4) is 0 Å². The van der Waals surface area contributed by atoms with Crippen LogP contribution < -0.4 is 9.64 Å². The maximum Gasteiger partial charge on any atom is 0.311 e. The van der Waals surface area contributed by atoms with E-state index in [-0.39, 0.29) is 31.3 Å². The predicted molar refractivity (Wildman–Crippen MR) is 99.9 cm³/mol. The van der Waals surface area contributed by atoms with Gasteiger partial charge in [0.05, 0.1) is 13.0 Å². The van der Waals surface area contributed by atoms with E-state index >= 15 is 0 Å². The average Bonchev–Trinajstić information content (AvgIpc) is 3.08. The molecule has 2 aromatic rings. The van der Waals surface area contributed by atoms with Crippen LogP contribution in [0.1, 0.15) is 22.3 Å². The number of anilines is 1. The number of hydrogen-bond donors (Lipinski definition) is 0. The van der Waals surface area contributed by atoms with Gasteiger partial charge < -0.3 is 14.4 Å². The minimum atomic E-state index is -0.588. The summed E-state index contributed by atoms with van der Waals surface area (Å²) in [4.78, 5) is 38.3. The van der Waals surface area contributed by atoms with Crippen molar-refractivity contribution in [2.75, 3.05) is 25.2 Å². The third kappa shape index (κ3) is 4.34. The molecule has 1 amide bonds. The number of hydrogen-bond acceptors (Lipinski definition) is 5. The van der Waals surface area contributed by atoms with Crippen molar-refractivity contribution in [1.29, 1.82) is 0 Å². The zero-order chi connectivity index (χ0) is 19.4. The van der Waals surface area contributed by atoms with Gasteiger partial charge in [0.2, 0.25) is 5.91 Å². The Bertz CT molecular complexity index is 859. The fourth-order valence-electron chi connectivity index (χ4n) is 2.97. The summed E-state index contributed by atoms with van der Waals surface area (Å²) in [6, 6.07) is 14.2. The molecule has 6 heteroatoms. The number of nitrogens with zero attached hydrogens (tertiary/aromatic N) is 1. The molecule has 1 saturated heterocycles. The molecule has 6 nitrogen and oxygen atoms in total. The summed E-state index contributed by atoms with van der Waals surface area (Å²) in [5.74, 6) is -0.911. The first-order valence-corrected chi connectivity index (χ1v) is 8.69. The number of carbonyl (C=O) groups is 3. The normalized spacial score (nSPS) is 16.3. The van der Waals surface area contributed by atoms with E-state index in [0.29, 0.717) is 17.0 Å². The molecule has 1 aliphatic heterocycles. The molecule has 0 unspecified atom stereocenters. The largest absolute Gasteiger partial charge is 0.497 e. The van der Waals surface area contributed by atoms with E-state index in [2.05, 4.69) is 0 Å². The highest BCUT2D eigenvalue weighted by Gasteiger charge is 2.36. The quantitative estimate of drug-likeness (QED) is 0.580. The number of carbonyl (C=O) groups excluding carboxylic acids is 3. The fraction of sp³-hybridized carbons (Fsp3) is 0.286. The van der Waals surface area contributed by atoms with Crippen molar-refractivity contribution < 1.29 is 23.9 Å². The van der Waals surface area contributed by atoms with E-state index in [9.17, 15) is 14.4 Å². The number of esters is 1. The molecular weight excluding hydrogens is 346 g/mol. The van der Waals surface area contributed by atoms with Gasteiger partial charge >= 0.3 is 5.97 Å². The number of ether oxygens (including phenoxy) is 2. The number of rotatable bonds is 6. The summed E-state index contributed by atoms with van der Waals surface area (Å²) >= 11 is 0. The Hall–Kier alpha value is -3.15. The van der Waals surface area contributed by atoms with Gasteiger partial charge in [-0.3, -0.25) is 14.4 Å². The van der Waals surface area contributed by atoms with E-state index in [0.717, 1.165) is 5.56 Å². The molecule has 27 heavy (non-hydrogen) atoms. The lowest BCUT2D eigenvalue weighted by atomic mass is 10.1. The van der Waals surface area contributed by atoms with Gasteiger partial charge in [-0.25, -0.2) is 0 Å². The van der Waals surface area contributed by atoms with Gasteiger partial charge in [0, 0.05) is 30.3 Å². The number of methoxy groups -OCH3 is 1. The first kappa shape index (κ1) is 18.6. The van der Waals surface area contributed by atoms with E-state index < -0.39 is 11.9 Å². The highest BCUT2D eigenvalue weighted by Crippen LogP contribution is 2.28. The molecule has 0 bridgehead atoms. The summed E-state index contributed by atoms with van der Waals surface area (Å²) in [5, 5.41) is 0. The molecule has 0 aliphatic carbocycles. The van der Waals surface area contributed by atoms with E-state index in [1.807, 2.05) is 19.1 Å². The monoisotopic (exact) mass is 367 g/mol. The van der Waals surface area contributed by atoms with Crippen molar-refractivity contribution in [3.8, 4) is 5.75 Å². The van der Waals surface area contributed by atoms with Crippen molar-refractivity contribution in [2.24, 2.45) is 5.92 Å². The molecule has 1 fully saturated rings. The molecule has 0 saturated carbocycles. The van der Waals surface area contributed by atoms with Gasteiger partial charge in [0.1, 0.15) is 5.75 Å². The molecule has 140 valence electrons. The average molecular weight is 367 g/mol. The molecule has 0 spiro atoms. The van der Waals surface area contributed by atoms with Crippen LogP contribution in [0.25, 0.3) is 0 Å². The molecule has 1 aliphatic rings. The SMILES string of the molecule is COc1cccc(N2C[C@H](C(=O)OCC(=O)c3ccc(C)cc3)CC2=O)c1. The minimum absolute atomic E-state index is 0.0643. The van der Waals surface area contributed by atoms with Crippen LogP contribution in [-0.2, 0) is 14.3 Å². The van der Waals surface area contributed by atoms with Gasteiger partial charge in [-0.05, 0) is 19.1 Å². The molecule has 0 radical (unpaired) electrons. The van der Waals surface area contributed by atoms with Crippen LogP contribution in [0.2, 0.25) is 0 Å².